The molecular weight excluding hydrogens is 604 g/mol. The highest BCUT2D eigenvalue weighted by Gasteiger charge is 2.35. The molecule has 0 fully saturated rings. The second-order valence-electron chi connectivity index (χ2n) is 9.86. The molecular formula is C34H26F4N4O4. The number of halogens is 4. The van der Waals surface area contributed by atoms with Crippen molar-refractivity contribution in [2.75, 3.05) is 0 Å². The van der Waals surface area contributed by atoms with Gasteiger partial charge in [0.2, 0.25) is 0 Å². The van der Waals surface area contributed by atoms with Crippen LogP contribution >= 0.6 is 0 Å². The van der Waals surface area contributed by atoms with Crippen LogP contribution < -0.4 is 15.2 Å². The Morgan fingerprint density at radius 1 is 0.609 bits per heavy atom. The number of hydrogen-bond donors (Lipinski definition) is 1. The van der Waals surface area contributed by atoms with Crippen LogP contribution in [-0.4, -0.2) is 39.9 Å². The van der Waals surface area contributed by atoms with E-state index in [9.17, 15) is 27.2 Å². The molecule has 0 saturated carbocycles. The Labute approximate surface area is 261 Å². The predicted molar refractivity (Wildman–Crippen MR) is 161 cm³/mol. The number of imide groups is 1. The summed E-state index contributed by atoms with van der Waals surface area (Å²) < 4.78 is 57.0. The van der Waals surface area contributed by atoms with Gasteiger partial charge in [-0.1, -0.05) is 24.3 Å². The summed E-state index contributed by atoms with van der Waals surface area (Å²) in [6.45, 7) is -5.11. The van der Waals surface area contributed by atoms with Crippen LogP contribution in [-0.2, 0) is 13.1 Å². The van der Waals surface area contributed by atoms with Gasteiger partial charge in [-0.15, -0.1) is 0 Å². The molecule has 2 amide bonds. The lowest BCUT2D eigenvalue weighted by Crippen LogP contribution is -2.29. The highest BCUT2D eigenvalue weighted by Crippen LogP contribution is 2.26. The monoisotopic (exact) mass is 630 g/mol. The third kappa shape index (κ3) is 7.71. The number of rotatable bonds is 9. The van der Waals surface area contributed by atoms with Crippen LogP contribution in [0.3, 0.4) is 0 Å². The number of hydrogen-bond acceptors (Lipinski definition) is 7. The normalized spacial score (nSPS) is 12.2. The van der Waals surface area contributed by atoms with Gasteiger partial charge in [0.15, 0.2) is 0 Å². The van der Waals surface area contributed by atoms with Crippen molar-refractivity contribution in [1.29, 1.82) is 0 Å². The maximum atomic E-state index is 12.4. The standard InChI is InChI=1S/C21H14F2N2O3.C13H12F2N2O/c22-21(23)28-15-8-6-14(7-9-15)18-10-5-13(11-24-18)12-25-19(26)16-3-1-2-4-17(16)20(25)27;14-13(15)18-11-4-2-10(3-5-11)12-6-1-9(7-16)8-17-12/h1-11,21H,12H2;1-6,8,13H,7,16H2. The largest absolute Gasteiger partial charge is 0.435 e. The van der Waals surface area contributed by atoms with E-state index in [0.717, 1.165) is 22.4 Å². The molecule has 0 saturated heterocycles. The first-order valence-electron chi connectivity index (χ1n) is 13.9. The van der Waals surface area contributed by atoms with Gasteiger partial charge in [-0.25, -0.2) is 0 Å². The summed E-state index contributed by atoms with van der Waals surface area (Å²) in [4.78, 5) is 34.6. The maximum Gasteiger partial charge on any atom is 0.387 e. The van der Waals surface area contributed by atoms with Gasteiger partial charge >= 0.3 is 13.2 Å². The van der Waals surface area contributed by atoms with E-state index in [4.69, 9.17) is 5.73 Å². The molecule has 0 spiro atoms. The van der Waals surface area contributed by atoms with Crippen molar-refractivity contribution in [3.8, 4) is 34.0 Å². The molecule has 0 aliphatic carbocycles. The Kier molecular flexibility index (Phi) is 9.98. The van der Waals surface area contributed by atoms with E-state index in [1.54, 1.807) is 73.1 Å². The van der Waals surface area contributed by atoms with Crippen LogP contribution in [0.25, 0.3) is 22.5 Å². The van der Waals surface area contributed by atoms with E-state index in [0.29, 0.717) is 28.9 Å². The van der Waals surface area contributed by atoms with Crippen molar-refractivity contribution in [2.24, 2.45) is 5.73 Å². The molecule has 0 unspecified atom stereocenters. The van der Waals surface area contributed by atoms with Crippen molar-refractivity contribution in [3.63, 3.8) is 0 Å². The molecule has 2 aromatic heterocycles. The average molecular weight is 631 g/mol. The topological polar surface area (TPSA) is 108 Å². The van der Waals surface area contributed by atoms with Crippen molar-refractivity contribution in [3.05, 3.63) is 132 Å². The van der Waals surface area contributed by atoms with Crippen molar-refractivity contribution in [1.82, 2.24) is 14.9 Å². The SMILES string of the molecule is NCc1ccc(-c2ccc(OC(F)F)cc2)nc1.O=C1c2ccccc2C(=O)N1Cc1ccc(-c2ccc(OC(F)F)cc2)nc1. The zero-order valence-electron chi connectivity index (χ0n) is 24.0. The van der Waals surface area contributed by atoms with Crippen LogP contribution in [0.2, 0.25) is 0 Å². The van der Waals surface area contributed by atoms with Gasteiger partial charge in [-0.05, 0) is 83.9 Å². The molecule has 46 heavy (non-hydrogen) atoms. The summed E-state index contributed by atoms with van der Waals surface area (Å²) in [5, 5.41) is 0. The molecule has 3 aromatic carbocycles. The van der Waals surface area contributed by atoms with E-state index >= 15 is 0 Å². The first-order valence-corrected chi connectivity index (χ1v) is 13.9. The van der Waals surface area contributed by atoms with Gasteiger partial charge in [-0.3, -0.25) is 24.5 Å². The number of aromatic nitrogens is 2. The average Bonchev–Trinajstić information content (AvgIpc) is 3.30. The quantitative estimate of drug-likeness (QED) is 0.139. The molecule has 1 aliphatic rings. The fourth-order valence-electron chi connectivity index (χ4n) is 4.58. The third-order valence-corrected chi connectivity index (χ3v) is 6.85. The first kappa shape index (κ1) is 31.8. The Balaban J connectivity index is 0.000000200. The maximum absolute atomic E-state index is 12.4. The van der Waals surface area contributed by atoms with Crippen LogP contribution in [0, 0.1) is 0 Å². The zero-order valence-corrected chi connectivity index (χ0v) is 24.0. The lowest BCUT2D eigenvalue weighted by molar-refractivity contribution is -0.0505. The minimum absolute atomic E-state index is 0.0704. The third-order valence-electron chi connectivity index (χ3n) is 6.85. The second kappa shape index (κ2) is 14.4. The minimum atomic E-state index is -2.87. The number of carbonyl (C=O) groups excluding carboxylic acids is 2. The lowest BCUT2D eigenvalue weighted by atomic mass is 10.1. The minimum Gasteiger partial charge on any atom is -0.435 e. The summed E-state index contributed by atoms with van der Waals surface area (Å²) in [6, 6.07) is 26.4. The first-order chi connectivity index (χ1) is 22.2. The fourth-order valence-corrected chi connectivity index (χ4v) is 4.58. The van der Waals surface area contributed by atoms with E-state index in [2.05, 4.69) is 19.4 Å². The lowest BCUT2D eigenvalue weighted by Gasteiger charge is -2.14. The van der Waals surface area contributed by atoms with Crippen LogP contribution in [0.5, 0.6) is 11.5 Å². The molecule has 3 heterocycles. The van der Waals surface area contributed by atoms with E-state index in [-0.39, 0.29) is 29.9 Å². The van der Waals surface area contributed by atoms with Gasteiger partial charge in [0, 0.05) is 30.1 Å². The Hall–Kier alpha value is -5.62. The van der Waals surface area contributed by atoms with Gasteiger partial charge in [0.05, 0.1) is 29.1 Å². The summed E-state index contributed by atoms with van der Waals surface area (Å²) in [5.74, 6) is -0.438. The van der Waals surface area contributed by atoms with Crippen molar-refractivity contribution in [2.45, 2.75) is 26.3 Å². The summed E-state index contributed by atoms with van der Waals surface area (Å²) in [7, 11) is 0. The number of ether oxygens (including phenoxy) is 2. The van der Waals surface area contributed by atoms with Gasteiger partial charge in [-0.2, -0.15) is 17.6 Å². The molecule has 8 nitrogen and oxygen atoms in total. The van der Waals surface area contributed by atoms with Gasteiger partial charge in [0.1, 0.15) is 11.5 Å². The number of nitrogens with zero attached hydrogens (tertiary/aromatic N) is 3. The van der Waals surface area contributed by atoms with Crippen LogP contribution in [0.15, 0.2) is 109 Å². The highest BCUT2D eigenvalue weighted by molar-refractivity contribution is 6.21. The smallest absolute Gasteiger partial charge is 0.387 e. The zero-order chi connectivity index (χ0) is 32.6. The molecule has 12 heteroatoms. The summed E-state index contributed by atoms with van der Waals surface area (Å²) in [5.41, 5.74) is 10.9. The molecule has 234 valence electrons. The second-order valence-corrected chi connectivity index (χ2v) is 9.86. The molecule has 0 atom stereocenters. The molecule has 0 bridgehead atoms. The molecule has 5 aromatic rings. The summed E-state index contributed by atoms with van der Waals surface area (Å²) >= 11 is 0. The van der Waals surface area contributed by atoms with E-state index < -0.39 is 13.2 Å². The molecule has 6 rings (SSSR count). The number of nitrogens with two attached hydrogens (primary N) is 1. The van der Waals surface area contributed by atoms with Crippen LogP contribution in [0.4, 0.5) is 17.6 Å². The van der Waals surface area contributed by atoms with Crippen LogP contribution in [0.1, 0.15) is 31.8 Å². The van der Waals surface area contributed by atoms with E-state index in [1.807, 2.05) is 12.1 Å². The van der Waals surface area contributed by atoms with Crippen molar-refractivity contribution < 1.29 is 36.6 Å². The van der Waals surface area contributed by atoms with E-state index in [1.165, 1.54) is 29.2 Å². The molecule has 0 radical (unpaired) electrons. The number of fused-ring (bicyclic) bond motifs is 1. The van der Waals surface area contributed by atoms with Gasteiger partial charge < -0.3 is 15.2 Å². The Bertz CT molecular complexity index is 1750. The number of pyridine rings is 2. The fraction of sp³-hybridized carbons (Fsp3) is 0.118. The molecule has 1 aliphatic heterocycles. The highest BCUT2D eigenvalue weighted by atomic mass is 19.3. The number of alkyl halides is 4. The number of amides is 2. The Morgan fingerprint density at radius 3 is 1.41 bits per heavy atom. The number of carbonyl (C=O) groups is 2. The number of benzene rings is 3. The van der Waals surface area contributed by atoms with Gasteiger partial charge in [0.25, 0.3) is 11.8 Å². The van der Waals surface area contributed by atoms with Crippen molar-refractivity contribution >= 4 is 11.8 Å². The predicted octanol–water partition coefficient (Wildman–Crippen LogP) is 6.95. The summed E-state index contributed by atoms with van der Waals surface area (Å²) in [6.07, 6.45) is 3.28. The molecule has 2 N–H and O–H groups in total. The Morgan fingerprint density at radius 2 is 1.04 bits per heavy atom.